The summed E-state index contributed by atoms with van der Waals surface area (Å²) in [5.41, 5.74) is 1.02. The average molecular weight is 332 g/mol. The first-order chi connectivity index (χ1) is 11.7. The van der Waals surface area contributed by atoms with Crippen LogP contribution in [0.5, 0.6) is 5.75 Å². The lowest BCUT2D eigenvalue weighted by Crippen LogP contribution is -2.49. The van der Waals surface area contributed by atoms with Gasteiger partial charge >= 0.3 is 0 Å². The molecule has 2 amide bonds. The molecule has 0 N–H and O–H groups in total. The van der Waals surface area contributed by atoms with E-state index in [2.05, 4.69) is 0 Å². The van der Waals surface area contributed by atoms with Crippen molar-refractivity contribution < 1.29 is 19.1 Å². The Hall–Kier alpha value is -2.08. The molecule has 0 bridgehead atoms. The van der Waals surface area contributed by atoms with Crippen molar-refractivity contribution in [3.63, 3.8) is 0 Å². The van der Waals surface area contributed by atoms with Gasteiger partial charge in [0.15, 0.2) is 0 Å². The number of methoxy groups -OCH3 is 1. The molecule has 2 aliphatic heterocycles. The predicted octanol–water partition coefficient (Wildman–Crippen LogP) is 1.29. The maximum atomic E-state index is 12.7. The van der Waals surface area contributed by atoms with Crippen molar-refractivity contribution in [3.8, 4) is 5.75 Å². The van der Waals surface area contributed by atoms with Gasteiger partial charge in [0.25, 0.3) is 0 Å². The first-order valence-corrected chi connectivity index (χ1v) is 8.44. The first kappa shape index (κ1) is 16.8. The number of benzene rings is 1. The SMILES string of the molecule is COc1cccc(CN2CC(C(=O)N3CCOCC3)CCC2=O)c1. The summed E-state index contributed by atoms with van der Waals surface area (Å²) in [4.78, 5) is 28.6. The highest BCUT2D eigenvalue weighted by atomic mass is 16.5. The highest BCUT2D eigenvalue weighted by molar-refractivity contribution is 5.84. The number of amides is 2. The molecule has 1 atom stereocenters. The topological polar surface area (TPSA) is 59.1 Å². The number of carbonyl (C=O) groups is 2. The van der Waals surface area contributed by atoms with Crippen molar-refractivity contribution >= 4 is 11.8 Å². The van der Waals surface area contributed by atoms with Crippen molar-refractivity contribution in [2.45, 2.75) is 19.4 Å². The molecule has 0 aliphatic carbocycles. The molecule has 1 aromatic carbocycles. The van der Waals surface area contributed by atoms with Gasteiger partial charge in [-0.1, -0.05) is 12.1 Å². The Morgan fingerprint density at radius 3 is 2.88 bits per heavy atom. The van der Waals surface area contributed by atoms with E-state index in [0.717, 1.165) is 11.3 Å². The third-order valence-corrected chi connectivity index (χ3v) is 4.68. The molecular formula is C18H24N2O4. The van der Waals surface area contributed by atoms with Crippen LogP contribution >= 0.6 is 0 Å². The fourth-order valence-corrected chi connectivity index (χ4v) is 3.30. The van der Waals surface area contributed by atoms with Crippen LogP contribution < -0.4 is 4.74 Å². The van der Waals surface area contributed by atoms with Gasteiger partial charge in [0, 0.05) is 32.6 Å². The van der Waals surface area contributed by atoms with Gasteiger partial charge < -0.3 is 19.3 Å². The lowest BCUT2D eigenvalue weighted by Gasteiger charge is -2.36. The number of carbonyl (C=O) groups excluding carboxylic acids is 2. The smallest absolute Gasteiger partial charge is 0.227 e. The van der Waals surface area contributed by atoms with Gasteiger partial charge in [-0.2, -0.15) is 0 Å². The summed E-state index contributed by atoms with van der Waals surface area (Å²) in [5.74, 6) is 0.939. The van der Waals surface area contributed by atoms with Crippen LogP contribution in [0.2, 0.25) is 0 Å². The lowest BCUT2D eigenvalue weighted by molar-refractivity contribution is -0.146. The van der Waals surface area contributed by atoms with Gasteiger partial charge in [-0.3, -0.25) is 9.59 Å². The van der Waals surface area contributed by atoms with Gasteiger partial charge in [-0.25, -0.2) is 0 Å². The Morgan fingerprint density at radius 2 is 2.12 bits per heavy atom. The maximum Gasteiger partial charge on any atom is 0.227 e. The highest BCUT2D eigenvalue weighted by Gasteiger charge is 2.33. The van der Waals surface area contributed by atoms with Gasteiger partial charge in [0.2, 0.25) is 11.8 Å². The third kappa shape index (κ3) is 3.87. The van der Waals surface area contributed by atoms with Crippen LogP contribution in [0.1, 0.15) is 18.4 Å². The monoisotopic (exact) mass is 332 g/mol. The van der Waals surface area contributed by atoms with Crippen LogP contribution in [-0.2, 0) is 20.9 Å². The minimum absolute atomic E-state index is 0.105. The number of likely N-dealkylation sites (tertiary alicyclic amines) is 1. The Bertz CT molecular complexity index is 598. The van der Waals surface area contributed by atoms with Gasteiger partial charge in [0.1, 0.15) is 5.75 Å². The Kier molecular flexibility index (Phi) is 5.35. The quantitative estimate of drug-likeness (QED) is 0.834. The zero-order valence-corrected chi connectivity index (χ0v) is 14.1. The summed E-state index contributed by atoms with van der Waals surface area (Å²) in [6.45, 7) is 3.52. The molecule has 1 aromatic rings. The minimum Gasteiger partial charge on any atom is -0.497 e. The molecule has 130 valence electrons. The van der Waals surface area contributed by atoms with E-state index < -0.39 is 0 Å². The van der Waals surface area contributed by atoms with E-state index in [4.69, 9.17) is 9.47 Å². The van der Waals surface area contributed by atoms with Crippen LogP contribution in [0, 0.1) is 5.92 Å². The van der Waals surface area contributed by atoms with E-state index >= 15 is 0 Å². The number of nitrogens with zero attached hydrogens (tertiary/aromatic N) is 2. The van der Waals surface area contributed by atoms with Crippen LogP contribution in [0.4, 0.5) is 0 Å². The van der Waals surface area contributed by atoms with E-state index in [-0.39, 0.29) is 17.7 Å². The van der Waals surface area contributed by atoms with Gasteiger partial charge in [0.05, 0.1) is 26.2 Å². The third-order valence-electron chi connectivity index (χ3n) is 4.68. The zero-order valence-electron chi connectivity index (χ0n) is 14.1. The van der Waals surface area contributed by atoms with Crippen LogP contribution in [0.15, 0.2) is 24.3 Å². The molecule has 0 radical (unpaired) electrons. The molecule has 2 saturated heterocycles. The molecule has 6 heteroatoms. The van der Waals surface area contributed by atoms with E-state index in [1.165, 1.54) is 0 Å². The number of hydrogen-bond donors (Lipinski definition) is 0. The summed E-state index contributed by atoms with van der Waals surface area (Å²) in [7, 11) is 1.63. The molecule has 24 heavy (non-hydrogen) atoms. The van der Waals surface area contributed by atoms with Crippen molar-refractivity contribution in [2.24, 2.45) is 5.92 Å². The summed E-state index contributed by atoms with van der Waals surface area (Å²) >= 11 is 0. The Balaban J connectivity index is 1.64. The van der Waals surface area contributed by atoms with Crippen molar-refractivity contribution in [1.82, 2.24) is 9.80 Å². The Labute approximate surface area is 142 Å². The van der Waals surface area contributed by atoms with Crippen LogP contribution in [0.25, 0.3) is 0 Å². The predicted molar refractivity (Wildman–Crippen MR) is 88.5 cm³/mol. The maximum absolute atomic E-state index is 12.7. The molecule has 0 spiro atoms. The highest BCUT2D eigenvalue weighted by Crippen LogP contribution is 2.23. The summed E-state index contributed by atoms with van der Waals surface area (Å²) in [5, 5.41) is 0. The second kappa shape index (κ2) is 7.66. The van der Waals surface area contributed by atoms with Crippen molar-refractivity contribution in [2.75, 3.05) is 40.0 Å². The largest absolute Gasteiger partial charge is 0.497 e. The molecule has 2 fully saturated rings. The summed E-state index contributed by atoms with van der Waals surface area (Å²) < 4.78 is 10.5. The van der Waals surface area contributed by atoms with E-state index in [9.17, 15) is 9.59 Å². The van der Waals surface area contributed by atoms with Crippen LogP contribution in [0.3, 0.4) is 0 Å². The molecule has 2 heterocycles. The standard InChI is InChI=1S/C18H24N2O4/c1-23-16-4-2-3-14(11-16)12-20-13-15(5-6-17(20)21)18(22)19-7-9-24-10-8-19/h2-4,11,15H,5-10,12-13H2,1H3. The molecule has 3 rings (SSSR count). The van der Waals surface area contributed by atoms with Crippen molar-refractivity contribution in [1.29, 1.82) is 0 Å². The summed E-state index contributed by atoms with van der Waals surface area (Å²) in [6.07, 6.45) is 1.08. The van der Waals surface area contributed by atoms with Gasteiger partial charge in [-0.15, -0.1) is 0 Å². The molecule has 6 nitrogen and oxygen atoms in total. The van der Waals surface area contributed by atoms with Gasteiger partial charge in [-0.05, 0) is 24.1 Å². The number of morpholine rings is 1. The first-order valence-electron chi connectivity index (χ1n) is 8.44. The molecular weight excluding hydrogens is 308 g/mol. The zero-order chi connectivity index (χ0) is 16.9. The minimum atomic E-state index is -0.105. The second-order valence-corrected chi connectivity index (χ2v) is 6.30. The molecule has 0 aromatic heterocycles. The van der Waals surface area contributed by atoms with Crippen LogP contribution in [-0.4, -0.2) is 61.6 Å². The number of piperidine rings is 1. The summed E-state index contributed by atoms with van der Waals surface area (Å²) in [6, 6.07) is 7.70. The van der Waals surface area contributed by atoms with E-state index in [1.807, 2.05) is 29.2 Å². The average Bonchev–Trinajstić information content (AvgIpc) is 2.64. The fourth-order valence-electron chi connectivity index (χ4n) is 3.30. The second-order valence-electron chi connectivity index (χ2n) is 6.30. The van der Waals surface area contributed by atoms with Crippen molar-refractivity contribution in [3.05, 3.63) is 29.8 Å². The molecule has 0 saturated carbocycles. The van der Waals surface area contributed by atoms with E-state index in [1.54, 1.807) is 12.0 Å². The fraction of sp³-hybridized carbons (Fsp3) is 0.556. The number of hydrogen-bond acceptors (Lipinski definition) is 4. The Morgan fingerprint density at radius 1 is 1.33 bits per heavy atom. The molecule has 1 unspecified atom stereocenters. The lowest BCUT2D eigenvalue weighted by atomic mass is 9.95. The normalized spacial score (nSPS) is 21.7. The van der Waals surface area contributed by atoms with E-state index in [0.29, 0.717) is 52.2 Å². The number of ether oxygens (including phenoxy) is 2. The molecule has 2 aliphatic rings. The number of rotatable bonds is 4.